The Morgan fingerprint density at radius 1 is 1.35 bits per heavy atom. The van der Waals surface area contributed by atoms with E-state index in [-0.39, 0.29) is 12.9 Å². The fourth-order valence-corrected chi connectivity index (χ4v) is 1.23. The Bertz CT molecular complexity index is 367. The molecule has 92 valence electrons. The average Bonchev–Trinajstić information content (AvgIpc) is 2.28. The molecule has 17 heavy (non-hydrogen) atoms. The Hall–Kier alpha value is -1.57. The highest BCUT2D eigenvalue weighted by Crippen LogP contribution is 2.13. The standard InChI is InChI=1S/C10H14BNO5/c12-9(10(13)14)5-7-1-3-8(4-2-7)17-6-11(15)16/h1-4,9,15-16H,5-6,12H2,(H,13,14)/t9-/m1/s1. The van der Waals surface area contributed by atoms with Crippen LogP contribution in [-0.4, -0.2) is 40.8 Å². The molecule has 0 radical (unpaired) electrons. The second-order valence-electron chi connectivity index (χ2n) is 3.58. The van der Waals surface area contributed by atoms with Gasteiger partial charge in [-0.1, -0.05) is 12.1 Å². The lowest BCUT2D eigenvalue weighted by atomic mass is 9.95. The molecular weight excluding hydrogens is 225 g/mol. The van der Waals surface area contributed by atoms with Gasteiger partial charge in [0, 0.05) is 0 Å². The fourth-order valence-electron chi connectivity index (χ4n) is 1.23. The largest absolute Gasteiger partial charge is 0.496 e. The van der Waals surface area contributed by atoms with Gasteiger partial charge in [0.15, 0.2) is 0 Å². The van der Waals surface area contributed by atoms with Crippen LogP contribution >= 0.6 is 0 Å². The third-order valence-electron chi connectivity index (χ3n) is 2.10. The first kappa shape index (κ1) is 13.5. The van der Waals surface area contributed by atoms with E-state index in [1.807, 2.05) is 0 Å². The molecule has 0 heterocycles. The number of carbonyl (C=O) groups is 1. The molecule has 1 aromatic rings. The molecule has 0 aliphatic heterocycles. The van der Waals surface area contributed by atoms with Crippen LogP contribution < -0.4 is 10.5 Å². The van der Waals surface area contributed by atoms with E-state index in [9.17, 15) is 4.79 Å². The van der Waals surface area contributed by atoms with Crippen molar-refractivity contribution in [1.82, 2.24) is 0 Å². The summed E-state index contributed by atoms with van der Waals surface area (Å²) in [5.41, 5.74) is 6.16. The first-order valence-electron chi connectivity index (χ1n) is 5.05. The number of carboxylic acid groups (broad SMARTS) is 1. The van der Waals surface area contributed by atoms with Crippen molar-refractivity contribution in [3.05, 3.63) is 29.8 Å². The van der Waals surface area contributed by atoms with Gasteiger partial charge in [-0.25, -0.2) is 0 Å². The van der Waals surface area contributed by atoms with Gasteiger partial charge in [-0.15, -0.1) is 0 Å². The molecule has 0 amide bonds. The van der Waals surface area contributed by atoms with E-state index < -0.39 is 19.1 Å². The van der Waals surface area contributed by atoms with Crippen molar-refractivity contribution in [1.29, 1.82) is 0 Å². The monoisotopic (exact) mass is 239 g/mol. The number of carboxylic acids is 1. The molecule has 5 N–H and O–H groups in total. The van der Waals surface area contributed by atoms with Crippen LogP contribution in [0.1, 0.15) is 5.56 Å². The first-order valence-corrected chi connectivity index (χ1v) is 5.05. The lowest BCUT2D eigenvalue weighted by Gasteiger charge is -2.08. The number of benzene rings is 1. The average molecular weight is 239 g/mol. The molecule has 6 nitrogen and oxygen atoms in total. The van der Waals surface area contributed by atoms with Crippen LogP contribution in [0.4, 0.5) is 0 Å². The molecule has 1 rings (SSSR count). The number of hydrogen-bond donors (Lipinski definition) is 4. The topological polar surface area (TPSA) is 113 Å². The summed E-state index contributed by atoms with van der Waals surface area (Å²) in [6, 6.07) is 5.67. The van der Waals surface area contributed by atoms with Gasteiger partial charge in [0.05, 0.1) is 0 Å². The molecule has 0 aliphatic carbocycles. The smallest absolute Gasteiger partial charge is 0.491 e. The molecule has 0 unspecified atom stereocenters. The van der Waals surface area contributed by atoms with Crippen molar-refractivity contribution in [3.63, 3.8) is 0 Å². The van der Waals surface area contributed by atoms with Gasteiger partial charge in [0.25, 0.3) is 0 Å². The Balaban J connectivity index is 2.53. The minimum Gasteiger partial charge on any atom is -0.496 e. The lowest BCUT2D eigenvalue weighted by molar-refractivity contribution is -0.138. The van der Waals surface area contributed by atoms with E-state index in [1.54, 1.807) is 24.3 Å². The van der Waals surface area contributed by atoms with E-state index in [0.29, 0.717) is 5.75 Å². The van der Waals surface area contributed by atoms with Gasteiger partial charge in [-0.05, 0) is 24.1 Å². The maximum absolute atomic E-state index is 10.5. The van der Waals surface area contributed by atoms with Crippen LogP contribution in [0.15, 0.2) is 24.3 Å². The summed E-state index contributed by atoms with van der Waals surface area (Å²) in [5.74, 6) is -0.570. The lowest BCUT2D eigenvalue weighted by Crippen LogP contribution is -2.32. The summed E-state index contributed by atoms with van der Waals surface area (Å²) >= 11 is 0. The summed E-state index contributed by atoms with van der Waals surface area (Å²) in [6.45, 7) is -0.214. The van der Waals surface area contributed by atoms with Crippen LogP contribution in [-0.2, 0) is 11.2 Å². The van der Waals surface area contributed by atoms with Crippen molar-refractivity contribution in [3.8, 4) is 5.75 Å². The Kier molecular flexibility index (Phi) is 4.95. The summed E-state index contributed by atoms with van der Waals surface area (Å²) in [6.07, 6.45) is 0.234. The summed E-state index contributed by atoms with van der Waals surface area (Å²) < 4.78 is 5.03. The quantitative estimate of drug-likeness (QED) is 0.475. The van der Waals surface area contributed by atoms with Crippen molar-refractivity contribution < 1.29 is 24.7 Å². The van der Waals surface area contributed by atoms with Crippen LogP contribution in [0, 0.1) is 0 Å². The minimum atomic E-state index is -1.52. The summed E-state index contributed by atoms with van der Waals surface area (Å²) in [5, 5.41) is 25.8. The number of ether oxygens (including phenoxy) is 1. The fraction of sp³-hybridized carbons (Fsp3) is 0.300. The van der Waals surface area contributed by atoms with Crippen LogP contribution in [0.3, 0.4) is 0 Å². The first-order chi connectivity index (χ1) is 7.99. The zero-order valence-electron chi connectivity index (χ0n) is 9.11. The van der Waals surface area contributed by atoms with E-state index in [4.69, 9.17) is 25.6 Å². The van der Waals surface area contributed by atoms with E-state index in [2.05, 4.69) is 0 Å². The highest BCUT2D eigenvalue weighted by atomic mass is 16.5. The van der Waals surface area contributed by atoms with Crippen LogP contribution in [0.5, 0.6) is 5.75 Å². The molecule has 0 saturated carbocycles. The molecule has 1 aromatic carbocycles. The van der Waals surface area contributed by atoms with Gasteiger partial charge >= 0.3 is 13.1 Å². The third kappa shape index (κ3) is 4.86. The Labute approximate surface area is 98.8 Å². The molecule has 0 aliphatic rings. The predicted octanol–water partition coefficient (Wildman–Crippen LogP) is -0.968. The molecule has 0 spiro atoms. The minimum absolute atomic E-state index is 0.214. The van der Waals surface area contributed by atoms with Crippen molar-refractivity contribution >= 4 is 13.1 Å². The third-order valence-corrected chi connectivity index (χ3v) is 2.10. The van der Waals surface area contributed by atoms with Gasteiger partial charge < -0.3 is 25.6 Å². The van der Waals surface area contributed by atoms with E-state index in [0.717, 1.165) is 5.56 Å². The Morgan fingerprint density at radius 3 is 2.41 bits per heavy atom. The summed E-state index contributed by atoms with van der Waals surface area (Å²) in [4.78, 5) is 10.5. The SMILES string of the molecule is N[C@H](Cc1ccc(OCB(O)O)cc1)C(=O)O. The number of rotatable bonds is 6. The van der Waals surface area contributed by atoms with Crippen molar-refractivity contribution in [2.24, 2.45) is 5.73 Å². The Morgan fingerprint density at radius 2 is 1.94 bits per heavy atom. The van der Waals surface area contributed by atoms with Gasteiger partial charge in [0.2, 0.25) is 0 Å². The zero-order valence-corrected chi connectivity index (χ0v) is 9.11. The van der Waals surface area contributed by atoms with Crippen LogP contribution in [0.2, 0.25) is 0 Å². The van der Waals surface area contributed by atoms with Crippen LogP contribution in [0.25, 0.3) is 0 Å². The van der Waals surface area contributed by atoms with Gasteiger partial charge in [-0.3, -0.25) is 4.79 Å². The zero-order chi connectivity index (χ0) is 12.8. The van der Waals surface area contributed by atoms with Crippen molar-refractivity contribution in [2.45, 2.75) is 12.5 Å². The highest BCUT2D eigenvalue weighted by molar-refractivity contribution is 6.40. The van der Waals surface area contributed by atoms with Gasteiger partial charge in [0.1, 0.15) is 18.3 Å². The van der Waals surface area contributed by atoms with Crippen molar-refractivity contribution in [2.75, 3.05) is 6.51 Å². The number of aliphatic carboxylic acids is 1. The predicted molar refractivity (Wildman–Crippen MR) is 61.4 cm³/mol. The molecule has 0 bridgehead atoms. The molecule has 0 aromatic heterocycles. The maximum atomic E-state index is 10.5. The second-order valence-corrected chi connectivity index (χ2v) is 3.58. The normalized spacial score (nSPS) is 11.9. The number of nitrogens with two attached hydrogens (primary N) is 1. The molecule has 1 atom stereocenters. The highest BCUT2D eigenvalue weighted by Gasteiger charge is 2.12. The summed E-state index contributed by atoms with van der Waals surface area (Å²) in [7, 11) is -1.52. The van der Waals surface area contributed by atoms with E-state index in [1.165, 1.54) is 0 Å². The second kappa shape index (κ2) is 6.24. The van der Waals surface area contributed by atoms with E-state index >= 15 is 0 Å². The van der Waals surface area contributed by atoms with Gasteiger partial charge in [-0.2, -0.15) is 0 Å². The molecule has 0 saturated heterocycles. The number of hydrogen-bond acceptors (Lipinski definition) is 5. The molecular formula is C10H14BNO5. The molecule has 7 heteroatoms. The molecule has 0 fully saturated rings. The maximum Gasteiger partial charge on any atom is 0.491 e.